The van der Waals surface area contributed by atoms with Crippen LogP contribution in [-0.2, 0) is 11.3 Å². The van der Waals surface area contributed by atoms with Crippen molar-refractivity contribution in [1.29, 1.82) is 0 Å². The summed E-state index contributed by atoms with van der Waals surface area (Å²) in [5.74, 6) is 0.0545. The fraction of sp³-hybridized carbons (Fsp3) is 0.455. The number of benzene rings is 1. The zero-order valence-electron chi connectivity index (χ0n) is 17.2. The summed E-state index contributed by atoms with van der Waals surface area (Å²) in [5.41, 5.74) is 3.61. The Morgan fingerprint density at radius 1 is 1.10 bits per heavy atom. The number of carbonyl (C=O) groups is 1. The van der Waals surface area contributed by atoms with E-state index in [1.807, 2.05) is 11.0 Å². The van der Waals surface area contributed by atoms with Crippen LogP contribution in [0.25, 0.3) is 11.0 Å². The van der Waals surface area contributed by atoms with E-state index in [-0.39, 0.29) is 11.4 Å². The summed E-state index contributed by atoms with van der Waals surface area (Å²) < 4.78 is 6.89. The summed E-state index contributed by atoms with van der Waals surface area (Å²) in [4.78, 5) is 26.5. The van der Waals surface area contributed by atoms with Crippen LogP contribution in [0.4, 0.5) is 5.69 Å². The molecule has 156 valence electrons. The fourth-order valence-electron chi connectivity index (χ4n) is 4.80. The van der Waals surface area contributed by atoms with Gasteiger partial charge in [0.15, 0.2) is 0 Å². The van der Waals surface area contributed by atoms with Gasteiger partial charge in [0, 0.05) is 51.0 Å². The monoisotopic (exact) mass is 406 g/mol. The van der Waals surface area contributed by atoms with Crippen molar-refractivity contribution in [3.63, 3.8) is 0 Å². The summed E-state index contributed by atoms with van der Waals surface area (Å²) >= 11 is 0. The first-order chi connectivity index (χ1) is 14.7. The van der Waals surface area contributed by atoms with Crippen molar-refractivity contribution in [1.82, 2.24) is 24.6 Å². The second-order valence-corrected chi connectivity index (χ2v) is 8.12. The van der Waals surface area contributed by atoms with Crippen molar-refractivity contribution in [2.24, 2.45) is 0 Å². The lowest BCUT2D eigenvalue weighted by Gasteiger charge is -2.58. The number of piperidine rings is 1. The molecular formula is C22H26N6O2. The van der Waals surface area contributed by atoms with Gasteiger partial charge in [0.05, 0.1) is 29.7 Å². The number of hydrogen-bond acceptors (Lipinski definition) is 6. The molecule has 8 nitrogen and oxygen atoms in total. The van der Waals surface area contributed by atoms with E-state index >= 15 is 0 Å². The van der Waals surface area contributed by atoms with Crippen molar-refractivity contribution >= 4 is 22.6 Å². The standard InChI is InChI=1S/C22H26N6O2/c1-30-14-13-28-20(5-8-25-28)21(29)26-11-2-6-22(16-26)7-12-27(22)17-3-4-18-19(15-17)24-10-9-23-18/h3-5,8-10,15H,2,6-7,11-14,16H2,1H3. The van der Waals surface area contributed by atoms with Crippen LogP contribution < -0.4 is 4.90 Å². The van der Waals surface area contributed by atoms with Gasteiger partial charge in [0.25, 0.3) is 5.91 Å². The van der Waals surface area contributed by atoms with E-state index in [2.05, 4.69) is 32.1 Å². The molecule has 1 aromatic carbocycles. The SMILES string of the molecule is COCCn1nccc1C(=O)N1CCCC2(CCN2c2ccc3nccnc3c2)C1. The number of anilines is 1. The van der Waals surface area contributed by atoms with Crippen molar-refractivity contribution in [3.8, 4) is 0 Å². The number of ether oxygens (including phenoxy) is 1. The molecule has 2 saturated heterocycles. The minimum absolute atomic E-state index is 0.00117. The molecule has 4 heterocycles. The first kappa shape index (κ1) is 19.0. The van der Waals surface area contributed by atoms with Crippen molar-refractivity contribution in [2.45, 2.75) is 31.3 Å². The van der Waals surface area contributed by atoms with Crippen LogP contribution >= 0.6 is 0 Å². The molecule has 2 aromatic heterocycles. The molecule has 2 aliphatic rings. The lowest BCUT2D eigenvalue weighted by Crippen LogP contribution is -2.68. The molecule has 5 rings (SSSR count). The number of aromatic nitrogens is 4. The van der Waals surface area contributed by atoms with Crippen molar-refractivity contribution < 1.29 is 9.53 Å². The lowest BCUT2D eigenvalue weighted by molar-refractivity contribution is 0.0549. The number of nitrogens with zero attached hydrogens (tertiary/aromatic N) is 6. The summed E-state index contributed by atoms with van der Waals surface area (Å²) in [7, 11) is 1.66. The van der Waals surface area contributed by atoms with Crippen LogP contribution in [0.2, 0.25) is 0 Å². The Kier molecular flexibility index (Phi) is 4.86. The van der Waals surface area contributed by atoms with Gasteiger partial charge in [0.1, 0.15) is 5.69 Å². The molecule has 2 aliphatic heterocycles. The second kappa shape index (κ2) is 7.68. The Labute approximate surface area is 175 Å². The van der Waals surface area contributed by atoms with E-state index < -0.39 is 0 Å². The minimum atomic E-state index is 0.00117. The maximum absolute atomic E-state index is 13.3. The topological polar surface area (TPSA) is 76.4 Å². The molecule has 1 amide bonds. The Morgan fingerprint density at radius 2 is 1.97 bits per heavy atom. The van der Waals surface area contributed by atoms with Crippen LogP contribution in [-0.4, -0.2) is 69.4 Å². The second-order valence-electron chi connectivity index (χ2n) is 8.12. The molecule has 1 spiro atoms. The maximum Gasteiger partial charge on any atom is 0.272 e. The molecule has 30 heavy (non-hydrogen) atoms. The Balaban J connectivity index is 1.36. The summed E-state index contributed by atoms with van der Waals surface area (Å²) in [6.45, 7) is 3.63. The molecule has 0 radical (unpaired) electrons. The highest BCUT2D eigenvalue weighted by Crippen LogP contribution is 2.42. The van der Waals surface area contributed by atoms with E-state index in [9.17, 15) is 4.79 Å². The molecular weight excluding hydrogens is 380 g/mol. The highest BCUT2D eigenvalue weighted by atomic mass is 16.5. The van der Waals surface area contributed by atoms with E-state index in [0.717, 1.165) is 55.6 Å². The average molecular weight is 406 g/mol. The van der Waals surface area contributed by atoms with Crippen LogP contribution in [0.3, 0.4) is 0 Å². The van der Waals surface area contributed by atoms with Gasteiger partial charge in [-0.25, -0.2) is 0 Å². The quantitative estimate of drug-likeness (QED) is 0.647. The van der Waals surface area contributed by atoms with Crippen molar-refractivity contribution in [3.05, 3.63) is 48.5 Å². The zero-order valence-corrected chi connectivity index (χ0v) is 17.2. The van der Waals surface area contributed by atoms with Gasteiger partial charge in [-0.2, -0.15) is 5.10 Å². The van der Waals surface area contributed by atoms with Gasteiger partial charge in [0.2, 0.25) is 0 Å². The van der Waals surface area contributed by atoms with Gasteiger partial charge in [-0.3, -0.25) is 19.4 Å². The van der Waals surface area contributed by atoms with Crippen LogP contribution in [0.5, 0.6) is 0 Å². The first-order valence-corrected chi connectivity index (χ1v) is 10.5. The van der Waals surface area contributed by atoms with Crippen molar-refractivity contribution in [2.75, 3.05) is 38.3 Å². The molecule has 1 atom stereocenters. The molecule has 1 unspecified atom stereocenters. The van der Waals surface area contributed by atoms with Gasteiger partial charge < -0.3 is 14.5 Å². The predicted molar refractivity (Wildman–Crippen MR) is 113 cm³/mol. The molecule has 8 heteroatoms. The Morgan fingerprint density at radius 3 is 2.77 bits per heavy atom. The first-order valence-electron chi connectivity index (χ1n) is 10.5. The number of rotatable bonds is 5. The molecule has 0 saturated carbocycles. The highest BCUT2D eigenvalue weighted by Gasteiger charge is 2.48. The molecule has 0 N–H and O–H groups in total. The normalized spacial score (nSPS) is 21.2. The third-order valence-electron chi connectivity index (χ3n) is 6.42. The third kappa shape index (κ3) is 3.21. The van der Waals surface area contributed by atoms with Gasteiger partial charge >= 0.3 is 0 Å². The Hall–Kier alpha value is -3.00. The molecule has 3 aromatic rings. The molecule has 0 aliphatic carbocycles. The summed E-state index contributed by atoms with van der Waals surface area (Å²) in [6.07, 6.45) is 8.33. The van der Waals surface area contributed by atoms with Crippen LogP contribution in [0, 0.1) is 0 Å². The molecule has 2 fully saturated rings. The Bertz CT molecular complexity index is 1070. The smallest absolute Gasteiger partial charge is 0.272 e. The van der Waals surface area contributed by atoms with E-state index in [1.165, 1.54) is 0 Å². The number of methoxy groups -OCH3 is 1. The predicted octanol–water partition coefficient (Wildman–Crippen LogP) is 2.36. The zero-order chi connectivity index (χ0) is 20.6. The lowest BCUT2D eigenvalue weighted by atomic mass is 9.77. The van der Waals surface area contributed by atoms with Gasteiger partial charge in [-0.15, -0.1) is 0 Å². The summed E-state index contributed by atoms with van der Waals surface area (Å²) in [6, 6.07) is 8.08. The number of likely N-dealkylation sites (tertiary alicyclic amines) is 1. The van der Waals surface area contributed by atoms with Crippen LogP contribution in [0.15, 0.2) is 42.9 Å². The van der Waals surface area contributed by atoms with Crippen LogP contribution in [0.1, 0.15) is 29.8 Å². The maximum atomic E-state index is 13.3. The van der Waals surface area contributed by atoms with E-state index in [1.54, 1.807) is 36.4 Å². The van der Waals surface area contributed by atoms with E-state index in [4.69, 9.17) is 4.74 Å². The number of carbonyl (C=O) groups excluding carboxylic acids is 1. The molecule has 0 bridgehead atoms. The van der Waals surface area contributed by atoms with Gasteiger partial charge in [-0.1, -0.05) is 0 Å². The fourth-order valence-corrected chi connectivity index (χ4v) is 4.80. The summed E-state index contributed by atoms with van der Waals surface area (Å²) in [5, 5.41) is 4.30. The van der Waals surface area contributed by atoms with Gasteiger partial charge in [-0.05, 0) is 43.5 Å². The number of amides is 1. The minimum Gasteiger partial charge on any atom is -0.383 e. The number of hydrogen-bond donors (Lipinski definition) is 0. The van der Waals surface area contributed by atoms with E-state index in [0.29, 0.717) is 18.8 Å². The average Bonchev–Trinajstić information content (AvgIpc) is 3.25. The highest BCUT2D eigenvalue weighted by molar-refractivity contribution is 5.92. The largest absolute Gasteiger partial charge is 0.383 e. The number of fused-ring (bicyclic) bond motifs is 1. The third-order valence-corrected chi connectivity index (χ3v) is 6.42.